The van der Waals surface area contributed by atoms with Crippen LogP contribution in [-0.4, -0.2) is 18.8 Å². The summed E-state index contributed by atoms with van der Waals surface area (Å²) in [5, 5.41) is 0. The number of benzene rings is 1. The maximum atomic E-state index is 5.54. The molecule has 0 bridgehead atoms. The van der Waals surface area contributed by atoms with Gasteiger partial charge in [0, 0.05) is 13.1 Å². The molecule has 1 rings (SSSR count). The SMILES string of the molecule is BN(Cc1ccc(CN)cc1)C(C)C. The average Bonchev–Trinajstić information content (AvgIpc) is 2.19. The van der Waals surface area contributed by atoms with Gasteiger partial charge in [-0.15, -0.1) is 0 Å². The lowest BCUT2D eigenvalue weighted by Gasteiger charge is -2.21. The van der Waals surface area contributed by atoms with Gasteiger partial charge in [-0.3, -0.25) is 0 Å². The summed E-state index contributed by atoms with van der Waals surface area (Å²) in [6.07, 6.45) is 0. The van der Waals surface area contributed by atoms with Crippen LogP contribution in [0.4, 0.5) is 0 Å². The normalized spacial score (nSPS) is 11.2. The molecule has 3 heteroatoms. The highest BCUT2D eigenvalue weighted by Gasteiger charge is 2.03. The van der Waals surface area contributed by atoms with Crippen molar-refractivity contribution in [2.24, 2.45) is 5.73 Å². The third-order valence-electron chi connectivity index (χ3n) is 2.57. The Kier molecular flexibility index (Phi) is 4.17. The first kappa shape index (κ1) is 11.3. The van der Waals surface area contributed by atoms with Crippen LogP contribution in [0.1, 0.15) is 25.0 Å². The maximum absolute atomic E-state index is 5.54. The van der Waals surface area contributed by atoms with Crippen molar-refractivity contribution >= 4 is 7.98 Å². The predicted molar refractivity (Wildman–Crippen MR) is 63.6 cm³/mol. The molecule has 0 unspecified atom stereocenters. The van der Waals surface area contributed by atoms with Gasteiger partial charge in [0.25, 0.3) is 0 Å². The Hall–Kier alpha value is -0.795. The van der Waals surface area contributed by atoms with Gasteiger partial charge in [-0.05, 0) is 17.2 Å². The Morgan fingerprint density at radius 2 is 1.71 bits per heavy atom. The van der Waals surface area contributed by atoms with E-state index in [2.05, 4.69) is 50.9 Å². The van der Waals surface area contributed by atoms with E-state index in [1.165, 1.54) is 11.1 Å². The highest BCUT2D eigenvalue weighted by Crippen LogP contribution is 2.07. The third kappa shape index (κ3) is 3.16. The second-order valence-electron chi connectivity index (χ2n) is 4.03. The second kappa shape index (κ2) is 5.18. The molecule has 2 N–H and O–H groups in total. The van der Waals surface area contributed by atoms with Gasteiger partial charge in [-0.2, -0.15) is 0 Å². The molecule has 0 saturated carbocycles. The summed E-state index contributed by atoms with van der Waals surface area (Å²) in [5.41, 5.74) is 8.08. The van der Waals surface area contributed by atoms with Gasteiger partial charge in [0.05, 0.1) is 0 Å². The number of rotatable bonds is 4. The molecule has 0 radical (unpaired) electrons. The molecule has 14 heavy (non-hydrogen) atoms. The minimum Gasteiger partial charge on any atom is -0.343 e. The van der Waals surface area contributed by atoms with Crippen molar-refractivity contribution in [3.05, 3.63) is 35.4 Å². The lowest BCUT2D eigenvalue weighted by molar-refractivity contribution is 0.374. The van der Waals surface area contributed by atoms with Gasteiger partial charge in [0.1, 0.15) is 0 Å². The van der Waals surface area contributed by atoms with Crippen LogP contribution in [0.15, 0.2) is 24.3 Å². The topological polar surface area (TPSA) is 29.3 Å². The molecule has 0 amide bonds. The van der Waals surface area contributed by atoms with Gasteiger partial charge in [0.2, 0.25) is 0 Å². The largest absolute Gasteiger partial charge is 0.343 e. The van der Waals surface area contributed by atoms with Gasteiger partial charge in [-0.25, -0.2) is 0 Å². The second-order valence-corrected chi connectivity index (χ2v) is 4.03. The van der Waals surface area contributed by atoms with Crippen molar-refractivity contribution in [1.29, 1.82) is 0 Å². The summed E-state index contributed by atoms with van der Waals surface area (Å²) in [4.78, 5) is 2.32. The maximum Gasteiger partial charge on any atom is 0.186 e. The highest BCUT2D eigenvalue weighted by atomic mass is 15.0. The quantitative estimate of drug-likeness (QED) is 0.715. The van der Waals surface area contributed by atoms with E-state index in [1.54, 1.807) is 0 Å². The predicted octanol–water partition coefficient (Wildman–Crippen LogP) is 0.904. The summed E-state index contributed by atoms with van der Waals surface area (Å²) in [6.45, 7) is 6.03. The summed E-state index contributed by atoms with van der Waals surface area (Å²) in [7, 11) is 2.14. The number of hydrogen-bond acceptors (Lipinski definition) is 2. The molecule has 0 aromatic heterocycles. The van der Waals surface area contributed by atoms with Gasteiger partial charge in [-0.1, -0.05) is 38.1 Å². The molecule has 0 aliphatic heterocycles. The van der Waals surface area contributed by atoms with E-state index in [0.717, 1.165) is 6.54 Å². The highest BCUT2D eigenvalue weighted by molar-refractivity contribution is 6.04. The van der Waals surface area contributed by atoms with Crippen LogP contribution >= 0.6 is 0 Å². The fraction of sp³-hybridized carbons (Fsp3) is 0.455. The molecule has 2 nitrogen and oxygen atoms in total. The lowest BCUT2D eigenvalue weighted by Crippen LogP contribution is -2.27. The summed E-state index contributed by atoms with van der Waals surface area (Å²) < 4.78 is 0. The Labute approximate surface area is 87.5 Å². The third-order valence-corrected chi connectivity index (χ3v) is 2.57. The van der Waals surface area contributed by atoms with E-state index in [4.69, 9.17) is 5.73 Å². The molecule has 0 spiro atoms. The van der Waals surface area contributed by atoms with Crippen LogP contribution in [0.25, 0.3) is 0 Å². The lowest BCUT2D eigenvalue weighted by atomic mass is 10.1. The van der Waals surface area contributed by atoms with Crippen LogP contribution in [0.2, 0.25) is 0 Å². The molecule has 0 saturated heterocycles. The van der Waals surface area contributed by atoms with E-state index in [1.807, 2.05) is 0 Å². The Morgan fingerprint density at radius 1 is 1.21 bits per heavy atom. The molecular weight excluding hydrogens is 171 g/mol. The first-order valence-electron chi connectivity index (χ1n) is 5.11. The molecule has 1 aromatic rings. The molecule has 76 valence electrons. The Balaban J connectivity index is 2.59. The number of hydrogen-bond donors (Lipinski definition) is 1. The average molecular weight is 190 g/mol. The molecule has 0 heterocycles. The molecule has 0 aliphatic carbocycles. The van der Waals surface area contributed by atoms with Crippen LogP contribution in [-0.2, 0) is 13.1 Å². The molecular formula is C11H19BN2. The Bertz CT molecular complexity index is 269. The minimum atomic E-state index is 0.587. The fourth-order valence-electron chi connectivity index (χ4n) is 1.25. The van der Waals surface area contributed by atoms with Crippen molar-refractivity contribution in [3.8, 4) is 0 Å². The summed E-state index contributed by atoms with van der Waals surface area (Å²) in [5.74, 6) is 0. The monoisotopic (exact) mass is 190 g/mol. The summed E-state index contributed by atoms with van der Waals surface area (Å²) >= 11 is 0. The van der Waals surface area contributed by atoms with Crippen molar-refractivity contribution in [2.45, 2.75) is 33.0 Å². The van der Waals surface area contributed by atoms with E-state index in [9.17, 15) is 0 Å². The van der Waals surface area contributed by atoms with Crippen molar-refractivity contribution < 1.29 is 0 Å². The molecule has 0 atom stereocenters. The first-order chi connectivity index (χ1) is 6.63. The van der Waals surface area contributed by atoms with Crippen LogP contribution in [0.5, 0.6) is 0 Å². The first-order valence-corrected chi connectivity index (χ1v) is 5.11. The van der Waals surface area contributed by atoms with Gasteiger partial charge in [0.15, 0.2) is 7.98 Å². The Morgan fingerprint density at radius 3 is 2.14 bits per heavy atom. The number of nitrogens with zero attached hydrogens (tertiary/aromatic N) is 1. The molecule has 0 aliphatic rings. The van der Waals surface area contributed by atoms with E-state index >= 15 is 0 Å². The van der Waals surface area contributed by atoms with E-state index in [0.29, 0.717) is 12.6 Å². The standard InChI is InChI=1S/C11H19BN2/c1-9(2)14(12)8-11-5-3-10(7-13)4-6-11/h3-6,9H,7-8,12-13H2,1-2H3. The van der Waals surface area contributed by atoms with Crippen LogP contribution in [0.3, 0.4) is 0 Å². The van der Waals surface area contributed by atoms with Crippen molar-refractivity contribution in [3.63, 3.8) is 0 Å². The molecule has 0 fully saturated rings. The molecule has 1 aromatic carbocycles. The van der Waals surface area contributed by atoms with E-state index in [-0.39, 0.29) is 0 Å². The van der Waals surface area contributed by atoms with Gasteiger partial charge < -0.3 is 10.5 Å². The zero-order valence-electron chi connectivity index (χ0n) is 9.33. The van der Waals surface area contributed by atoms with Gasteiger partial charge >= 0.3 is 0 Å². The zero-order valence-corrected chi connectivity index (χ0v) is 9.33. The smallest absolute Gasteiger partial charge is 0.186 e. The van der Waals surface area contributed by atoms with Crippen molar-refractivity contribution in [2.75, 3.05) is 0 Å². The zero-order chi connectivity index (χ0) is 10.6. The summed E-state index contributed by atoms with van der Waals surface area (Å²) in [6, 6.07) is 9.10. The van der Waals surface area contributed by atoms with E-state index < -0.39 is 0 Å². The number of nitrogens with two attached hydrogens (primary N) is 1. The van der Waals surface area contributed by atoms with Crippen LogP contribution < -0.4 is 5.73 Å². The fourth-order valence-corrected chi connectivity index (χ4v) is 1.25. The van der Waals surface area contributed by atoms with Crippen molar-refractivity contribution in [1.82, 2.24) is 4.81 Å². The minimum absolute atomic E-state index is 0.587. The van der Waals surface area contributed by atoms with Crippen LogP contribution in [0, 0.1) is 0 Å².